The number of amides is 2. The lowest BCUT2D eigenvalue weighted by molar-refractivity contribution is -0.130. The highest BCUT2D eigenvalue weighted by Crippen LogP contribution is 2.35. The van der Waals surface area contributed by atoms with Crippen LogP contribution in [0, 0.1) is 0 Å². The summed E-state index contributed by atoms with van der Waals surface area (Å²) < 4.78 is 11.6. The Kier molecular flexibility index (Phi) is 6.04. The Hall–Kier alpha value is -2.50. The van der Waals surface area contributed by atoms with Crippen LogP contribution in [0.2, 0.25) is 0 Å². The van der Waals surface area contributed by atoms with E-state index in [1.165, 1.54) is 0 Å². The summed E-state index contributed by atoms with van der Waals surface area (Å²) in [6.45, 7) is 8.65. The normalized spacial score (nSPS) is 19.6. The van der Waals surface area contributed by atoms with Crippen LogP contribution in [0.1, 0.15) is 38.3 Å². The van der Waals surface area contributed by atoms with Gasteiger partial charge in [0.25, 0.3) is 0 Å². The molecule has 146 valence electrons. The van der Waals surface area contributed by atoms with Gasteiger partial charge in [0, 0.05) is 56.7 Å². The molecule has 1 aromatic carbocycles. The minimum Gasteiger partial charge on any atom is -0.493 e. The number of rotatable bonds is 4. The SMILES string of the molecule is CCOc1cc2c(cc1/C=C/C(=O)N1CCCN(C(C)=O)CC1)OC(C)C2. The molecule has 2 amide bonds. The van der Waals surface area contributed by atoms with E-state index >= 15 is 0 Å². The highest BCUT2D eigenvalue weighted by molar-refractivity contribution is 5.92. The molecule has 2 aliphatic heterocycles. The van der Waals surface area contributed by atoms with Crippen LogP contribution in [0.15, 0.2) is 18.2 Å². The molecule has 1 saturated heterocycles. The molecule has 0 spiro atoms. The highest BCUT2D eigenvalue weighted by Gasteiger charge is 2.22. The van der Waals surface area contributed by atoms with Gasteiger partial charge in [0.05, 0.1) is 6.61 Å². The summed E-state index contributed by atoms with van der Waals surface area (Å²) in [5.41, 5.74) is 1.99. The fourth-order valence-electron chi connectivity index (χ4n) is 3.59. The molecule has 1 aromatic rings. The average molecular weight is 372 g/mol. The second-order valence-corrected chi connectivity index (χ2v) is 7.08. The molecule has 2 heterocycles. The quantitative estimate of drug-likeness (QED) is 0.762. The number of hydrogen-bond donors (Lipinski definition) is 0. The Morgan fingerprint density at radius 1 is 1.22 bits per heavy atom. The fourth-order valence-corrected chi connectivity index (χ4v) is 3.59. The van der Waals surface area contributed by atoms with Crippen LogP contribution < -0.4 is 9.47 Å². The topological polar surface area (TPSA) is 59.1 Å². The maximum atomic E-state index is 12.6. The minimum atomic E-state index is -0.0439. The van der Waals surface area contributed by atoms with E-state index in [4.69, 9.17) is 9.47 Å². The van der Waals surface area contributed by atoms with E-state index < -0.39 is 0 Å². The van der Waals surface area contributed by atoms with Gasteiger partial charge in [0.2, 0.25) is 11.8 Å². The molecule has 1 unspecified atom stereocenters. The highest BCUT2D eigenvalue weighted by atomic mass is 16.5. The maximum Gasteiger partial charge on any atom is 0.246 e. The molecular weight excluding hydrogens is 344 g/mol. The number of carbonyl (C=O) groups excluding carboxylic acids is 2. The molecule has 27 heavy (non-hydrogen) atoms. The molecule has 0 bridgehead atoms. The summed E-state index contributed by atoms with van der Waals surface area (Å²) in [6, 6.07) is 3.97. The van der Waals surface area contributed by atoms with Crippen molar-refractivity contribution in [3.05, 3.63) is 29.3 Å². The molecule has 0 radical (unpaired) electrons. The number of nitrogens with zero attached hydrogens (tertiary/aromatic N) is 2. The summed E-state index contributed by atoms with van der Waals surface area (Å²) >= 11 is 0. The van der Waals surface area contributed by atoms with Gasteiger partial charge in [-0.15, -0.1) is 0 Å². The maximum absolute atomic E-state index is 12.6. The Morgan fingerprint density at radius 3 is 2.70 bits per heavy atom. The number of ether oxygens (including phenoxy) is 2. The van der Waals surface area contributed by atoms with Gasteiger partial charge >= 0.3 is 0 Å². The van der Waals surface area contributed by atoms with E-state index in [0.717, 1.165) is 35.5 Å². The van der Waals surface area contributed by atoms with E-state index in [1.807, 2.05) is 26.0 Å². The Labute approximate surface area is 160 Å². The molecule has 0 saturated carbocycles. The first-order valence-electron chi connectivity index (χ1n) is 9.66. The first-order chi connectivity index (χ1) is 13.0. The van der Waals surface area contributed by atoms with Crippen LogP contribution in [0.25, 0.3) is 6.08 Å². The molecule has 0 aliphatic carbocycles. The number of carbonyl (C=O) groups is 2. The first-order valence-corrected chi connectivity index (χ1v) is 9.66. The molecule has 6 heteroatoms. The van der Waals surface area contributed by atoms with Crippen LogP contribution in [0.4, 0.5) is 0 Å². The van der Waals surface area contributed by atoms with E-state index in [-0.39, 0.29) is 17.9 Å². The average Bonchev–Trinajstić information content (AvgIpc) is 2.83. The third-order valence-corrected chi connectivity index (χ3v) is 4.99. The number of fused-ring (bicyclic) bond motifs is 1. The van der Waals surface area contributed by atoms with Gasteiger partial charge in [-0.05, 0) is 38.5 Å². The van der Waals surface area contributed by atoms with Crippen LogP contribution in [0.5, 0.6) is 11.5 Å². The zero-order valence-electron chi connectivity index (χ0n) is 16.4. The third kappa shape index (κ3) is 4.62. The van der Waals surface area contributed by atoms with Crippen LogP contribution in [-0.2, 0) is 16.0 Å². The Balaban J connectivity index is 1.72. The van der Waals surface area contributed by atoms with Crippen LogP contribution >= 0.6 is 0 Å². The summed E-state index contributed by atoms with van der Waals surface area (Å²) in [4.78, 5) is 27.7. The fraction of sp³-hybridized carbons (Fsp3) is 0.524. The standard InChI is InChI=1S/C21H28N2O4/c1-4-26-19-14-18-12-15(2)27-20(18)13-17(19)6-7-21(25)23-9-5-8-22(10-11-23)16(3)24/h6-7,13-15H,4-5,8-12H2,1-3H3/b7-6+. The Morgan fingerprint density at radius 2 is 1.96 bits per heavy atom. The lowest BCUT2D eigenvalue weighted by Gasteiger charge is -2.20. The van der Waals surface area contributed by atoms with E-state index in [0.29, 0.717) is 32.8 Å². The predicted molar refractivity (Wildman–Crippen MR) is 104 cm³/mol. The van der Waals surface area contributed by atoms with Crippen molar-refractivity contribution >= 4 is 17.9 Å². The van der Waals surface area contributed by atoms with Gasteiger partial charge in [-0.3, -0.25) is 9.59 Å². The largest absolute Gasteiger partial charge is 0.493 e. The molecule has 0 aromatic heterocycles. The predicted octanol–water partition coefficient (Wildman–Crippen LogP) is 2.50. The lowest BCUT2D eigenvalue weighted by atomic mass is 10.1. The van der Waals surface area contributed by atoms with Gasteiger partial charge < -0.3 is 19.3 Å². The number of benzene rings is 1. The second-order valence-electron chi connectivity index (χ2n) is 7.08. The molecule has 0 N–H and O–H groups in total. The zero-order valence-corrected chi connectivity index (χ0v) is 16.4. The van der Waals surface area contributed by atoms with Gasteiger partial charge in [-0.25, -0.2) is 0 Å². The second kappa shape index (κ2) is 8.46. The van der Waals surface area contributed by atoms with E-state index in [9.17, 15) is 9.59 Å². The third-order valence-electron chi connectivity index (χ3n) is 4.99. The van der Waals surface area contributed by atoms with Gasteiger partial charge in [0.1, 0.15) is 17.6 Å². The minimum absolute atomic E-state index is 0.0439. The number of hydrogen-bond acceptors (Lipinski definition) is 4. The summed E-state index contributed by atoms with van der Waals surface area (Å²) in [7, 11) is 0. The van der Waals surface area contributed by atoms with Crippen molar-refractivity contribution in [1.29, 1.82) is 0 Å². The summed E-state index contributed by atoms with van der Waals surface area (Å²) in [5.74, 6) is 1.66. The van der Waals surface area contributed by atoms with Crippen LogP contribution in [0.3, 0.4) is 0 Å². The van der Waals surface area contributed by atoms with E-state index in [2.05, 4.69) is 0 Å². The molecule has 1 atom stereocenters. The van der Waals surface area contributed by atoms with Crippen molar-refractivity contribution in [2.24, 2.45) is 0 Å². The van der Waals surface area contributed by atoms with Crippen molar-refractivity contribution in [2.45, 2.75) is 39.7 Å². The lowest BCUT2D eigenvalue weighted by Crippen LogP contribution is -2.35. The van der Waals surface area contributed by atoms with E-state index in [1.54, 1.807) is 28.9 Å². The molecule has 6 nitrogen and oxygen atoms in total. The Bertz CT molecular complexity index is 744. The van der Waals surface area contributed by atoms with Crippen molar-refractivity contribution < 1.29 is 19.1 Å². The van der Waals surface area contributed by atoms with Crippen molar-refractivity contribution in [3.8, 4) is 11.5 Å². The summed E-state index contributed by atoms with van der Waals surface area (Å²) in [5, 5.41) is 0. The molecule has 3 rings (SSSR count). The monoisotopic (exact) mass is 372 g/mol. The van der Waals surface area contributed by atoms with Gasteiger partial charge in [0.15, 0.2) is 0 Å². The van der Waals surface area contributed by atoms with Crippen LogP contribution in [-0.4, -0.2) is 60.5 Å². The first kappa shape index (κ1) is 19.3. The molecular formula is C21H28N2O4. The molecule has 2 aliphatic rings. The smallest absolute Gasteiger partial charge is 0.246 e. The van der Waals surface area contributed by atoms with Crippen molar-refractivity contribution in [2.75, 3.05) is 32.8 Å². The summed E-state index contributed by atoms with van der Waals surface area (Å²) in [6.07, 6.45) is 5.23. The van der Waals surface area contributed by atoms with Gasteiger partial charge in [-0.1, -0.05) is 0 Å². The molecule has 1 fully saturated rings. The van der Waals surface area contributed by atoms with Crippen molar-refractivity contribution in [3.63, 3.8) is 0 Å². The van der Waals surface area contributed by atoms with Gasteiger partial charge in [-0.2, -0.15) is 0 Å². The zero-order chi connectivity index (χ0) is 19.4. The van der Waals surface area contributed by atoms with Crippen molar-refractivity contribution in [1.82, 2.24) is 9.80 Å².